The largest absolute Gasteiger partial charge is 3.00 e. The maximum Gasteiger partial charge on any atom is 3.00 e. The monoisotopic (exact) mass is 309 g/mol. The van der Waals surface area contributed by atoms with Crippen LogP contribution in [-0.4, -0.2) is 32.3 Å². The Balaban J connectivity index is 0.000000294. The second-order valence-corrected chi connectivity index (χ2v) is 3.50. The zero-order valence-electron chi connectivity index (χ0n) is 11.6. The van der Waals surface area contributed by atoms with Gasteiger partial charge in [0.05, 0.1) is 0 Å². The number of nitrogens with zero attached hydrogens (tertiary/aromatic N) is 3. The van der Waals surface area contributed by atoms with Gasteiger partial charge in [-0.3, -0.25) is 15.0 Å². The van der Waals surface area contributed by atoms with Gasteiger partial charge in [0.2, 0.25) is 0 Å². The molecule has 0 spiro atoms. The Morgan fingerprint density at radius 1 is 0.500 bits per heavy atom. The van der Waals surface area contributed by atoms with Gasteiger partial charge in [0.15, 0.2) is 0 Å². The minimum atomic E-state index is -0.178. The van der Waals surface area contributed by atoms with E-state index >= 15 is 0 Å². The first kappa shape index (κ1) is 19.4. The van der Waals surface area contributed by atoms with Crippen LogP contribution in [-0.2, 0) is 0 Å². The van der Waals surface area contributed by atoms with Crippen molar-refractivity contribution < 1.29 is 15.3 Å². The van der Waals surface area contributed by atoms with Crippen LogP contribution in [0.1, 0.15) is 0 Å². The smallest absolute Gasteiger partial charge is 0.859 e. The predicted octanol–water partition coefficient (Wildman–Crippen LogP) is 0.0848. The minimum absolute atomic E-state index is 0. The molecule has 0 N–H and O–H groups in total. The summed E-state index contributed by atoms with van der Waals surface area (Å²) in [4.78, 5) is 10.3. The minimum Gasteiger partial charge on any atom is -0.859 e. The van der Waals surface area contributed by atoms with E-state index in [0.29, 0.717) is 0 Å². The summed E-state index contributed by atoms with van der Waals surface area (Å²) in [6.07, 6.45) is 4.42. The fraction of sp³-hybridized carbons (Fsp3) is 0. The molecule has 3 heterocycles. The van der Waals surface area contributed by atoms with Gasteiger partial charge in [-0.1, -0.05) is 36.4 Å². The summed E-state index contributed by atoms with van der Waals surface area (Å²) in [6, 6.07) is 14.4. The van der Waals surface area contributed by atoms with Crippen molar-refractivity contribution in [3.63, 3.8) is 0 Å². The number of aromatic nitrogens is 3. The molecule has 22 heavy (non-hydrogen) atoms. The molecule has 0 aliphatic carbocycles. The van der Waals surface area contributed by atoms with Crippen LogP contribution in [0.4, 0.5) is 0 Å². The van der Waals surface area contributed by atoms with Crippen LogP contribution >= 0.6 is 0 Å². The molecule has 0 aliphatic rings. The van der Waals surface area contributed by atoms with E-state index in [1.807, 2.05) is 0 Å². The summed E-state index contributed by atoms with van der Waals surface area (Å²) >= 11 is 0. The van der Waals surface area contributed by atoms with Crippen molar-refractivity contribution in [2.45, 2.75) is 0 Å². The standard InChI is InChI=1S/3C5H5NO.Al/c3*7-5-3-1-2-4-6-5;/h3*1-4H,(H,6,7);/q;;;+3/p-3. The van der Waals surface area contributed by atoms with Crippen LogP contribution in [0.3, 0.4) is 0 Å². The SMILES string of the molecule is [Al+3].[O-]c1ccccn1.[O-]c1ccccn1.[O-]c1ccccn1. The summed E-state index contributed by atoms with van der Waals surface area (Å²) in [5.41, 5.74) is 0. The fourth-order valence-corrected chi connectivity index (χ4v) is 1.04. The van der Waals surface area contributed by atoms with Crippen molar-refractivity contribution in [3.05, 3.63) is 73.2 Å². The molecule has 3 rings (SSSR count). The molecule has 6 nitrogen and oxygen atoms in total. The Kier molecular flexibility index (Phi) is 10.7. The van der Waals surface area contributed by atoms with Gasteiger partial charge in [0, 0.05) is 18.6 Å². The fourth-order valence-electron chi connectivity index (χ4n) is 1.04. The van der Waals surface area contributed by atoms with Gasteiger partial charge in [-0.2, -0.15) is 0 Å². The molecule has 3 aromatic rings. The van der Waals surface area contributed by atoms with E-state index in [1.54, 1.807) is 36.4 Å². The molecule has 0 aromatic carbocycles. The van der Waals surface area contributed by atoms with Crippen molar-refractivity contribution >= 4 is 17.4 Å². The molecule has 0 saturated carbocycles. The third-order valence-electron chi connectivity index (χ3n) is 1.91. The van der Waals surface area contributed by atoms with Crippen LogP contribution in [0.5, 0.6) is 17.6 Å². The third kappa shape index (κ3) is 10.2. The summed E-state index contributed by atoms with van der Waals surface area (Å²) in [6.45, 7) is 0. The molecule has 7 heteroatoms. The molecule has 0 bridgehead atoms. The van der Waals surface area contributed by atoms with Gasteiger partial charge in [0.1, 0.15) is 0 Å². The molecule has 0 aliphatic heterocycles. The van der Waals surface area contributed by atoms with Gasteiger partial charge in [0.25, 0.3) is 0 Å². The molecule has 0 atom stereocenters. The van der Waals surface area contributed by atoms with E-state index in [-0.39, 0.29) is 35.0 Å². The first-order valence-electron chi connectivity index (χ1n) is 5.92. The first-order valence-corrected chi connectivity index (χ1v) is 5.92. The Morgan fingerprint density at radius 2 is 0.773 bits per heavy atom. The Bertz CT molecular complexity index is 509. The maximum atomic E-state index is 10.2. The van der Waals surface area contributed by atoms with Gasteiger partial charge in [-0.15, -0.1) is 0 Å². The van der Waals surface area contributed by atoms with E-state index in [1.165, 1.54) is 36.8 Å². The van der Waals surface area contributed by atoms with E-state index in [2.05, 4.69) is 15.0 Å². The number of hydrogen-bond donors (Lipinski definition) is 0. The van der Waals surface area contributed by atoms with Crippen molar-refractivity contribution in [1.82, 2.24) is 15.0 Å². The van der Waals surface area contributed by atoms with Crippen molar-refractivity contribution in [2.24, 2.45) is 0 Å². The molecular formula is C15H12AlN3O3. The van der Waals surface area contributed by atoms with Crippen molar-refractivity contribution in [1.29, 1.82) is 0 Å². The number of pyridine rings is 3. The molecule has 0 saturated heterocycles. The summed E-state index contributed by atoms with van der Waals surface area (Å²) in [5, 5.41) is 30.5. The zero-order valence-corrected chi connectivity index (χ0v) is 12.7. The Hall–Kier alpha value is -2.62. The van der Waals surface area contributed by atoms with E-state index in [0.717, 1.165) is 0 Å². The summed E-state index contributed by atoms with van der Waals surface area (Å²) in [7, 11) is 0. The molecule has 0 fully saturated rings. The normalized spacial score (nSPS) is 8.18. The average Bonchev–Trinajstić information content (AvgIpc) is 2.51. The first-order chi connectivity index (χ1) is 10.2. The molecule has 0 radical (unpaired) electrons. The Morgan fingerprint density at radius 3 is 0.864 bits per heavy atom. The van der Waals surface area contributed by atoms with Gasteiger partial charge in [-0.25, -0.2) is 0 Å². The second-order valence-electron chi connectivity index (χ2n) is 3.50. The van der Waals surface area contributed by atoms with Crippen molar-refractivity contribution in [3.8, 4) is 17.6 Å². The van der Waals surface area contributed by atoms with Crippen LogP contribution in [0.15, 0.2) is 73.2 Å². The van der Waals surface area contributed by atoms with Gasteiger partial charge < -0.3 is 15.3 Å². The average molecular weight is 309 g/mol. The molecule has 3 aromatic heterocycles. The van der Waals surface area contributed by atoms with Crippen LogP contribution < -0.4 is 15.3 Å². The third-order valence-corrected chi connectivity index (χ3v) is 1.91. The van der Waals surface area contributed by atoms with E-state index < -0.39 is 0 Å². The van der Waals surface area contributed by atoms with E-state index in [4.69, 9.17) is 0 Å². The second kappa shape index (κ2) is 12.1. The molecule has 108 valence electrons. The zero-order chi connectivity index (χ0) is 15.3. The maximum absolute atomic E-state index is 10.2. The predicted molar refractivity (Wildman–Crippen MR) is 76.8 cm³/mol. The quantitative estimate of drug-likeness (QED) is 0.544. The van der Waals surface area contributed by atoms with E-state index in [9.17, 15) is 15.3 Å². The van der Waals surface area contributed by atoms with Gasteiger partial charge in [-0.05, 0) is 35.8 Å². The number of hydrogen-bond acceptors (Lipinski definition) is 6. The van der Waals surface area contributed by atoms with Crippen LogP contribution in [0, 0.1) is 0 Å². The topological polar surface area (TPSA) is 108 Å². The molecular weight excluding hydrogens is 297 g/mol. The van der Waals surface area contributed by atoms with Crippen LogP contribution in [0.25, 0.3) is 0 Å². The molecule has 0 amide bonds. The molecule has 0 unspecified atom stereocenters. The van der Waals surface area contributed by atoms with Crippen molar-refractivity contribution in [2.75, 3.05) is 0 Å². The Labute approximate surface area is 138 Å². The van der Waals surface area contributed by atoms with Crippen LogP contribution in [0.2, 0.25) is 0 Å². The summed E-state index contributed by atoms with van der Waals surface area (Å²) < 4.78 is 0. The summed E-state index contributed by atoms with van der Waals surface area (Å²) in [5.74, 6) is -0.535. The van der Waals surface area contributed by atoms with Gasteiger partial charge >= 0.3 is 17.4 Å². The number of rotatable bonds is 0.